The predicted octanol–water partition coefficient (Wildman–Crippen LogP) is 2.24. The van der Waals surface area contributed by atoms with E-state index in [9.17, 15) is 18.5 Å². The fraction of sp³-hybridized carbons (Fsp3) is 0.294. The first-order chi connectivity index (χ1) is 12.3. The fourth-order valence-electron chi connectivity index (χ4n) is 3.34. The van der Waals surface area contributed by atoms with Crippen LogP contribution in [0.4, 0.5) is 11.4 Å². The number of nitro benzene ring substituents is 1. The number of primary sulfonamides is 1. The maximum atomic E-state index is 11.9. The molecular weight excluding hydrogens is 358 g/mol. The number of nitrogens with zero attached hydrogens (tertiary/aromatic N) is 2. The molecule has 1 atom stereocenters. The first-order valence-corrected chi connectivity index (χ1v) is 9.55. The number of nitro groups is 1. The van der Waals surface area contributed by atoms with Crippen LogP contribution >= 0.6 is 0 Å². The lowest BCUT2D eigenvalue weighted by Gasteiger charge is -2.21. The zero-order valence-corrected chi connectivity index (χ0v) is 15.0. The van der Waals surface area contributed by atoms with E-state index in [2.05, 4.69) is 0 Å². The molecule has 1 heterocycles. The van der Waals surface area contributed by atoms with Crippen molar-refractivity contribution in [3.63, 3.8) is 0 Å². The minimum absolute atomic E-state index is 0.162. The Kier molecular flexibility index (Phi) is 4.84. The number of hydrogen-bond donors (Lipinski definition) is 1. The number of benzene rings is 2. The van der Waals surface area contributed by atoms with Crippen LogP contribution in [0, 0.1) is 10.1 Å². The molecule has 2 N–H and O–H groups in total. The lowest BCUT2D eigenvalue weighted by Crippen LogP contribution is -2.24. The Morgan fingerprint density at radius 1 is 1.27 bits per heavy atom. The Morgan fingerprint density at radius 2 is 2.00 bits per heavy atom. The number of nitrogens with two attached hydrogens (primary N) is 1. The molecule has 2 aromatic rings. The summed E-state index contributed by atoms with van der Waals surface area (Å²) in [6.45, 7) is 1.18. The van der Waals surface area contributed by atoms with Gasteiger partial charge in [-0.05, 0) is 24.1 Å². The fourth-order valence-corrected chi connectivity index (χ4v) is 4.12. The summed E-state index contributed by atoms with van der Waals surface area (Å²) >= 11 is 0. The molecule has 1 aliphatic rings. The average Bonchev–Trinajstić information content (AvgIpc) is 3.10. The summed E-state index contributed by atoms with van der Waals surface area (Å²) in [5.41, 5.74) is 1.13. The molecule has 0 aliphatic carbocycles. The van der Waals surface area contributed by atoms with E-state index >= 15 is 0 Å². The van der Waals surface area contributed by atoms with Gasteiger partial charge in [0.1, 0.15) is 10.6 Å². The summed E-state index contributed by atoms with van der Waals surface area (Å²) < 4.78 is 29.3. The molecule has 2 aromatic carbocycles. The normalized spacial score (nSPS) is 17.3. The molecule has 0 aromatic heterocycles. The van der Waals surface area contributed by atoms with Gasteiger partial charge < -0.3 is 9.64 Å². The molecule has 138 valence electrons. The molecule has 0 radical (unpaired) electrons. The van der Waals surface area contributed by atoms with Gasteiger partial charge >= 0.3 is 0 Å². The number of ether oxygens (including phenoxy) is 1. The number of non-ortho nitro benzene ring substituents is 1. The van der Waals surface area contributed by atoms with E-state index < -0.39 is 14.9 Å². The summed E-state index contributed by atoms with van der Waals surface area (Å²) in [5, 5.41) is 16.3. The van der Waals surface area contributed by atoms with Crippen LogP contribution in [-0.2, 0) is 10.0 Å². The van der Waals surface area contributed by atoms with E-state index in [4.69, 9.17) is 9.88 Å². The van der Waals surface area contributed by atoms with Crippen LogP contribution in [0.5, 0.6) is 5.75 Å². The van der Waals surface area contributed by atoms with Crippen molar-refractivity contribution in [3.05, 3.63) is 58.1 Å². The first-order valence-electron chi connectivity index (χ1n) is 8.00. The zero-order valence-electron chi connectivity index (χ0n) is 14.2. The summed E-state index contributed by atoms with van der Waals surface area (Å²) in [5.74, 6) is 0.949. The molecular formula is C17H19N3O5S. The second kappa shape index (κ2) is 6.93. The van der Waals surface area contributed by atoms with Gasteiger partial charge in [0.25, 0.3) is 5.69 Å². The van der Waals surface area contributed by atoms with Crippen molar-refractivity contribution in [1.29, 1.82) is 0 Å². The second-order valence-corrected chi connectivity index (χ2v) is 7.66. The Balaban J connectivity index is 1.95. The number of sulfonamides is 1. The summed E-state index contributed by atoms with van der Waals surface area (Å²) in [6.07, 6.45) is 0.807. The van der Waals surface area contributed by atoms with Crippen molar-refractivity contribution in [2.75, 3.05) is 25.1 Å². The molecule has 1 unspecified atom stereocenters. The topological polar surface area (TPSA) is 116 Å². The second-order valence-electron chi connectivity index (χ2n) is 6.13. The molecule has 8 nitrogen and oxygen atoms in total. The zero-order chi connectivity index (χ0) is 18.9. The lowest BCUT2D eigenvalue weighted by molar-refractivity contribution is -0.385. The molecule has 3 rings (SSSR count). The quantitative estimate of drug-likeness (QED) is 0.631. The number of methoxy groups -OCH3 is 1. The van der Waals surface area contributed by atoms with Gasteiger partial charge in [-0.3, -0.25) is 10.1 Å². The maximum Gasteiger partial charge on any atom is 0.270 e. The highest BCUT2D eigenvalue weighted by Gasteiger charge is 2.30. The van der Waals surface area contributed by atoms with Crippen LogP contribution < -0.4 is 14.8 Å². The average molecular weight is 377 g/mol. The lowest BCUT2D eigenvalue weighted by atomic mass is 9.97. The van der Waals surface area contributed by atoms with Crippen LogP contribution in [-0.4, -0.2) is 33.5 Å². The van der Waals surface area contributed by atoms with Gasteiger partial charge in [-0.15, -0.1) is 0 Å². The molecule has 0 bridgehead atoms. The molecule has 0 saturated carbocycles. The number of anilines is 1. The van der Waals surface area contributed by atoms with Crippen molar-refractivity contribution in [3.8, 4) is 5.75 Å². The van der Waals surface area contributed by atoms with Gasteiger partial charge in [-0.1, -0.05) is 18.2 Å². The number of rotatable bonds is 5. The molecule has 0 amide bonds. The molecule has 0 spiro atoms. The van der Waals surface area contributed by atoms with Crippen LogP contribution in [0.1, 0.15) is 17.9 Å². The number of hydrogen-bond acceptors (Lipinski definition) is 6. The molecule has 1 fully saturated rings. The SMILES string of the molecule is COc1ccccc1C1CCN(c2ccc([N+](=O)[O-])cc2S(N)(=O)=O)C1. The summed E-state index contributed by atoms with van der Waals surface area (Å²) in [6, 6.07) is 11.5. The number of para-hydroxylation sites is 1. The standard InChI is InChI=1S/C17H19N3O5S/c1-25-16-5-3-2-4-14(16)12-8-9-19(11-12)15-7-6-13(20(21)22)10-17(15)26(18,23)24/h2-7,10,12H,8-9,11H2,1H3,(H2,18,23,24). The van der Waals surface area contributed by atoms with Gasteiger partial charge in [0.15, 0.2) is 0 Å². The van der Waals surface area contributed by atoms with Crippen molar-refractivity contribution in [2.45, 2.75) is 17.2 Å². The Labute approximate surface area is 151 Å². The smallest absolute Gasteiger partial charge is 0.270 e. The highest BCUT2D eigenvalue weighted by atomic mass is 32.2. The minimum Gasteiger partial charge on any atom is -0.496 e. The van der Waals surface area contributed by atoms with E-state index in [1.165, 1.54) is 12.1 Å². The first kappa shape index (κ1) is 18.2. The van der Waals surface area contributed by atoms with Gasteiger partial charge in [0, 0.05) is 31.1 Å². The largest absolute Gasteiger partial charge is 0.496 e. The van der Waals surface area contributed by atoms with Crippen molar-refractivity contribution in [2.24, 2.45) is 5.14 Å². The minimum atomic E-state index is -4.09. The summed E-state index contributed by atoms with van der Waals surface area (Å²) in [4.78, 5) is 12.0. The molecule has 1 saturated heterocycles. The van der Waals surface area contributed by atoms with E-state index in [0.717, 1.165) is 23.8 Å². The maximum absolute atomic E-state index is 11.9. The van der Waals surface area contributed by atoms with Crippen molar-refractivity contribution in [1.82, 2.24) is 0 Å². The van der Waals surface area contributed by atoms with Crippen LogP contribution in [0.15, 0.2) is 47.4 Å². The van der Waals surface area contributed by atoms with E-state index in [1.807, 2.05) is 29.2 Å². The molecule has 1 aliphatic heterocycles. The van der Waals surface area contributed by atoms with Gasteiger partial charge in [-0.2, -0.15) is 0 Å². The highest BCUT2D eigenvalue weighted by Crippen LogP contribution is 2.38. The third kappa shape index (κ3) is 3.49. The van der Waals surface area contributed by atoms with Crippen LogP contribution in [0.25, 0.3) is 0 Å². The van der Waals surface area contributed by atoms with Crippen LogP contribution in [0.2, 0.25) is 0 Å². The summed E-state index contributed by atoms with van der Waals surface area (Å²) in [7, 11) is -2.48. The van der Waals surface area contributed by atoms with Gasteiger partial charge in [-0.25, -0.2) is 13.6 Å². The Hall–Kier alpha value is -2.65. The molecule has 26 heavy (non-hydrogen) atoms. The third-order valence-electron chi connectivity index (χ3n) is 4.57. The predicted molar refractivity (Wildman–Crippen MR) is 97.0 cm³/mol. The van der Waals surface area contributed by atoms with Crippen LogP contribution in [0.3, 0.4) is 0 Å². The highest BCUT2D eigenvalue weighted by molar-refractivity contribution is 7.89. The van der Waals surface area contributed by atoms with E-state index in [0.29, 0.717) is 18.8 Å². The monoisotopic (exact) mass is 377 g/mol. The Morgan fingerprint density at radius 3 is 2.65 bits per heavy atom. The van der Waals surface area contributed by atoms with Gasteiger partial charge in [0.05, 0.1) is 17.7 Å². The Bertz CT molecular complexity index is 945. The molecule has 9 heteroatoms. The van der Waals surface area contributed by atoms with Crippen molar-refractivity contribution >= 4 is 21.4 Å². The van der Waals surface area contributed by atoms with E-state index in [1.54, 1.807) is 7.11 Å². The van der Waals surface area contributed by atoms with Gasteiger partial charge in [0.2, 0.25) is 10.0 Å². The third-order valence-corrected chi connectivity index (χ3v) is 5.51. The van der Waals surface area contributed by atoms with Crippen molar-refractivity contribution < 1.29 is 18.1 Å². The van der Waals surface area contributed by atoms with E-state index in [-0.39, 0.29) is 16.5 Å².